The van der Waals surface area contributed by atoms with Gasteiger partial charge in [0.2, 0.25) is 10.0 Å². The van der Waals surface area contributed by atoms with Crippen LogP contribution in [0.15, 0.2) is 39.7 Å². The first kappa shape index (κ1) is 21.0. The van der Waals surface area contributed by atoms with Crippen molar-refractivity contribution in [1.82, 2.24) is 4.31 Å². The Bertz CT molecular complexity index is 992. The number of morpholine rings is 1. The van der Waals surface area contributed by atoms with E-state index in [4.69, 9.17) is 4.74 Å². The van der Waals surface area contributed by atoms with Gasteiger partial charge in [0.1, 0.15) is 0 Å². The molecule has 1 fully saturated rings. The molecule has 6 nitrogen and oxygen atoms in total. The molecule has 0 radical (unpaired) electrons. The molecule has 0 aromatic heterocycles. The van der Waals surface area contributed by atoms with Crippen molar-refractivity contribution in [3.05, 3.63) is 57.1 Å². The summed E-state index contributed by atoms with van der Waals surface area (Å²) in [5, 5.41) is 2.92. The summed E-state index contributed by atoms with van der Waals surface area (Å²) in [7, 11) is -3.72. The molecule has 0 bridgehead atoms. The summed E-state index contributed by atoms with van der Waals surface area (Å²) >= 11 is 3.31. The van der Waals surface area contributed by atoms with Gasteiger partial charge in [-0.1, -0.05) is 17.7 Å². The van der Waals surface area contributed by atoms with Crippen molar-refractivity contribution >= 4 is 37.5 Å². The van der Waals surface area contributed by atoms with E-state index in [1.165, 1.54) is 10.4 Å². The Kier molecular flexibility index (Phi) is 6.24. The molecule has 1 N–H and O–H groups in total. The summed E-state index contributed by atoms with van der Waals surface area (Å²) in [6.45, 7) is 7.20. The zero-order valence-corrected chi connectivity index (χ0v) is 18.5. The second-order valence-corrected chi connectivity index (χ2v) is 9.65. The average Bonchev–Trinajstić information content (AvgIpc) is 2.65. The predicted octanol–water partition coefficient (Wildman–Crippen LogP) is 3.65. The minimum absolute atomic E-state index is 0.0828. The van der Waals surface area contributed by atoms with Crippen molar-refractivity contribution in [1.29, 1.82) is 0 Å². The van der Waals surface area contributed by atoms with E-state index in [9.17, 15) is 13.2 Å². The van der Waals surface area contributed by atoms with Crippen LogP contribution in [-0.4, -0.2) is 44.9 Å². The summed E-state index contributed by atoms with van der Waals surface area (Å²) in [5.74, 6) is -0.346. The molecule has 150 valence electrons. The van der Waals surface area contributed by atoms with E-state index in [-0.39, 0.29) is 16.4 Å². The minimum atomic E-state index is -3.72. The highest BCUT2D eigenvalue weighted by Crippen LogP contribution is 2.28. The van der Waals surface area contributed by atoms with E-state index in [2.05, 4.69) is 21.2 Å². The predicted molar refractivity (Wildman–Crippen MR) is 112 cm³/mol. The molecular weight excluding hydrogens is 444 g/mol. The number of sulfonamides is 1. The molecule has 1 aliphatic rings. The van der Waals surface area contributed by atoms with Gasteiger partial charge < -0.3 is 10.1 Å². The molecule has 3 rings (SSSR count). The third-order valence-corrected chi connectivity index (χ3v) is 7.59. The second-order valence-electron chi connectivity index (χ2n) is 6.89. The number of carbonyl (C=O) groups is 1. The number of amides is 1. The van der Waals surface area contributed by atoms with Gasteiger partial charge in [-0.2, -0.15) is 4.31 Å². The van der Waals surface area contributed by atoms with E-state index in [1.807, 2.05) is 32.9 Å². The minimum Gasteiger partial charge on any atom is -0.379 e. The number of anilines is 1. The van der Waals surface area contributed by atoms with Crippen LogP contribution in [0, 0.1) is 20.8 Å². The Hall–Kier alpha value is -1.74. The van der Waals surface area contributed by atoms with Crippen molar-refractivity contribution < 1.29 is 17.9 Å². The fourth-order valence-electron chi connectivity index (χ4n) is 3.33. The maximum absolute atomic E-state index is 13.0. The third kappa shape index (κ3) is 4.30. The summed E-state index contributed by atoms with van der Waals surface area (Å²) in [6, 6.07) is 8.62. The van der Waals surface area contributed by atoms with Gasteiger partial charge in [-0.25, -0.2) is 8.42 Å². The molecule has 1 aliphatic heterocycles. The SMILES string of the molecule is Cc1cc(C)c(NC(=O)c2ccc(Br)c(S(=O)(=O)N3CCOCC3)c2)c(C)c1. The maximum atomic E-state index is 13.0. The quantitative estimate of drug-likeness (QED) is 0.745. The Balaban J connectivity index is 1.92. The number of nitrogens with one attached hydrogen (secondary N) is 1. The fourth-order valence-corrected chi connectivity index (χ4v) is 5.69. The van der Waals surface area contributed by atoms with Gasteiger partial charge in [0.05, 0.1) is 18.1 Å². The molecule has 1 heterocycles. The van der Waals surface area contributed by atoms with Crippen molar-refractivity contribution in [2.24, 2.45) is 0 Å². The smallest absolute Gasteiger partial charge is 0.255 e. The molecule has 1 saturated heterocycles. The highest BCUT2D eigenvalue weighted by Gasteiger charge is 2.29. The Morgan fingerprint density at radius 1 is 1.07 bits per heavy atom. The van der Waals surface area contributed by atoms with Crippen LogP contribution in [0.5, 0.6) is 0 Å². The van der Waals surface area contributed by atoms with E-state index >= 15 is 0 Å². The van der Waals surface area contributed by atoms with Gasteiger partial charge in [0.25, 0.3) is 5.91 Å². The van der Waals surface area contributed by atoms with Crippen molar-refractivity contribution in [2.45, 2.75) is 25.7 Å². The molecule has 8 heteroatoms. The first-order valence-corrected chi connectivity index (χ1v) is 11.2. The maximum Gasteiger partial charge on any atom is 0.255 e. The molecule has 2 aromatic carbocycles. The van der Waals surface area contributed by atoms with Crippen molar-refractivity contribution in [2.75, 3.05) is 31.6 Å². The van der Waals surface area contributed by atoms with Crippen LogP contribution < -0.4 is 5.32 Å². The van der Waals surface area contributed by atoms with E-state index in [0.29, 0.717) is 30.8 Å². The van der Waals surface area contributed by atoms with Crippen LogP contribution in [0.3, 0.4) is 0 Å². The number of hydrogen-bond donors (Lipinski definition) is 1. The molecule has 0 saturated carbocycles. The van der Waals surface area contributed by atoms with E-state index in [0.717, 1.165) is 22.4 Å². The monoisotopic (exact) mass is 466 g/mol. The van der Waals surface area contributed by atoms with Crippen LogP contribution in [0.1, 0.15) is 27.0 Å². The van der Waals surface area contributed by atoms with Gasteiger partial charge in [0, 0.05) is 28.8 Å². The van der Waals surface area contributed by atoms with Gasteiger partial charge in [-0.15, -0.1) is 0 Å². The Morgan fingerprint density at radius 2 is 1.68 bits per heavy atom. The van der Waals surface area contributed by atoms with Crippen molar-refractivity contribution in [3.8, 4) is 0 Å². The molecule has 0 spiro atoms. The Morgan fingerprint density at radius 3 is 2.29 bits per heavy atom. The lowest BCUT2D eigenvalue weighted by Gasteiger charge is -2.26. The zero-order valence-electron chi connectivity index (χ0n) is 16.1. The molecule has 28 heavy (non-hydrogen) atoms. The van der Waals surface area contributed by atoms with Gasteiger partial charge in [-0.05, 0) is 66.0 Å². The van der Waals surface area contributed by atoms with Crippen LogP contribution >= 0.6 is 15.9 Å². The standard InChI is InChI=1S/C20H23BrN2O4S/c1-13-10-14(2)19(15(3)11-13)22-20(24)16-4-5-17(21)18(12-16)28(25,26)23-6-8-27-9-7-23/h4-5,10-12H,6-9H2,1-3H3,(H,22,24). The third-order valence-electron chi connectivity index (χ3n) is 4.70. The largest absolute Gasteiger partial charge is 0.379 e. The van der Waals surface area contributed by atoms with E-state index < -0.39 is 10.0 Å². The average molecular weight is 467 g/mol. The normalized spacial score (nSPS) is 15.4. The number of carbonyl (C=O) groups excluding carboxylic acids is 1. The van der Waals surface area contributed by atoms with Crippen LogP contribution in [0.2, 0.25) is 0 Å². The Labute approximate surface area is 174 Å². The first-order valence-electron chi connectivity index (χ1n) is 8.97. The van der Waals surface area contributed by atoms with Gasteiger partial charge in [0.15, 0.2) is 0 Å². The van der Waals surface area contributed by atoms with Crippen LogP contribution in [0.25, 0.3) is 0 Å². The number of nitrogens with zero attached hydrogens (tertiary/aromatic N) is 1. The van der Waals surface area contributed by atoms with Crippen LogP contribution in [-0.2, 0) is 14.8 Å². The molecule has 0 atom stereocenters. The van der Waals surface area contributed by atoms with Crippen molar-refractivity contribution in [3.63, 3.8) is 0 Å². The summed E-state index contributed by atoms with van der Waals surface area (Å²) in [5.41, 5.74) is 4.08. The number of rotatable bonds is 4. The fraction of sp³-hybridized carbons (Fsp3) is 0.350. The lowest BCUT2D eigenvalue weighted by atomic mass is 10.0. The number of hydrogen-bond acceptors (Lipinski definition) is 4. The summed E-state index contributed by atoms with van der Waals surface area (Å²) < 4.78 is 33.0. The lowest BCUT2D eigenvalue weighted by Crippen LogP contribution is -2.40. The zero-order chi connectivity index (χ0) is 20.5. The number of halogens is 1. The highest BCUT2D eigenvalue weighted by atomic mass is 79.9. The highest BCUT2D eigenvalue weighted by molar-refractivity contribution is 9.10. The molecular formula is C20H23BrN2O4S. The molecule has 2 aromatic rings. The summed E-state index contributed by atoms with van der Waals surface area (Å²) in [6.07, 6.45) is 0. The van der Waals surface area contributed by atoms with Gasteiger partial charge in [-0.3, -0.25) is 4.79 Å². The van der Waals surface area contributed by atoms with Crippen LogP contribution in [0.4, 0.5) is 5.69 Å². The first-order chi connectivity index (χ1) is 13.2. The van der Waals surface area contributed by atoms with Gasteiger partial charge >= 0.3 is 0 Å². The lowest BCUT2D eigenvalue weighted by molar-refractivity contribution is 0.0730. The summed E-state index contributed by atoms with van der Waals surface area (Å²) in [4.78, 5) is 12.9. The topological polar surface area (TPSA) is 75.7 Å². The number of aryl methyl sites for hydroxylation is 3. The molecule has 0 unspecified atom stereocenters. The molecule has 0 aliphatic carbocycles. The second kappa shape index (κ2) is 8.32. The number of ether oxygens (including phenoxy) is 1. The number of benzene rings is 2. The van der Waals surface area contributed by atoms with E-state index in [1.54, 1.807) is 12.1 Å². The molecule has 1 amide bonds.